The summed E-state index contributed by atoms with van der Waals surface area (Å²) in [5, 5.41) is 51.9. The van der Waals surface area contributed by atoms with Crippen LogP contribution in [0.1, 0.15) is 46.5 Å². The number of carboxylic acid groups (broad SMARTS) is 3. The predicted molar refractivity (Wildman–Crippen MR) is 81.2 cm³/mol. The Morgan fingerprint density at radius 1 is 0.731 bits per heavy atom. The van der Waals surface area contributed by atoms with Gasteiger partial charge in [0.2, 0.25) is 0 Å². The minimum absolute atomic E-state index is 0. The second-order valence-electron chi connectivity index (χ2n) is 4.59. The molecular formula is C14H28N2O9Pt. The van der Waals surface area contributed by atoms with Crippen molar-refractivity contribution in [3.63, 3.8) is 0 Å². The topological polar surface area (TPSA) is 233 Å². The van der Waals surface area contributed by atoms with Crippen molar-refractivity contribution >= 4 is 17.9 Å². The van der Waals surface area contributed by atoms with Gasteiger partial charge in [0.1, 0.15) is 0 Å². The largest absolute Gasteiger partial charge is 4.00 e. The molecule has 7 N–H and O–H groups in total. The quantitative estimate of drug-likeness (QED) is 0.204. The first kappa shape index (κ1) is 35.9. The molecule has 1 aliphatic carbocycles. The standard InChI is InChI=1S/C4H8.3C3H6O3.CH5N2.Pt/c1-2-4-3-1;3*1-2(4)3(5)6;2-1-3;/h1-4H2;3*2,4H,1H3,(H,5,6);1H,2-3H2;/q;;;;-1;+4/p-3. The van der Waals surface area contributed by atoms with Crippen molar-refractivity contribution in [2.45, 2.75) is 64.8 Å². The van der Waals surface area contributed by atoms with Crippen LogP contribution in [0.25, 0.3) is 0 Å². The Labute approximate surface area is 167 Å². The number of carbonyl (C=O) groups is 3. The molecule has 158 valence electrons. The van der Waals surface area contributed by atoms with E-state index in [1.165, 1.54) is 25.7 Å². The number of aliphatic hydroxyl groups excluding tert-OH is 3. The van der Waals surface area contributed by atoms with Gasteiger partial charge in [0.05, 0.1) is 36.2 Å². The molecule has 0 aliphatic heterocycles. The van der Waals surface area contributed by atoms with E-state index in [1.807, 2.05) is 0 Å². The number of rotatable bonds is 3. The Morgan fingerprint density at radius 3 is 0.808 bits per heavy atom. The maximum Gasteiger partial charge on any atom is 4.00 e. The van der Waals surface area contributed by atoms with Gasteiger partial charge < -0.3 is 56.5 Å². The number of carbonyl (C=O) groups excluding carboxylic acids is 3. The smallest absolute Gasteiger partial charge is 0.547 e. The minimum atomic E-state index is -1.44. The fourth-order valence-electron chi connectivity index (χ4n) is 0.250. The van der Waals surface area contributed by atoms with E-state index in [0.29, 0.717) is 0 Å². The number of hydrogen-bond acceptors (Lipinski definition) is 11. The molecule has 0 aromatic rings. The van der Waals surface area contributed by atoms with Crippen LogP contribution in [0, 0.1) is 6.67 Å². The van der Waals surface area contributed by atoms with Crippen molar-refractivity contribution in [1.82, 2.24) is 0 Å². The molecule has 0 heterocycles. The van der Waals surface area contributed by atoms with Gasteiger partial charge in [-0.05, 0) is 20.8 Å². The summed E-state index contributed by atoms with van der Waals surface area (Å²) < 4.78 is 0. The van der Waals surface area contributed by atoms with Crippen LogP contribution in [-0.4, -0.2) is 51.5 Å². The number of aliphatic hydroxyl groups is 3. The first-order valence-electron chi connectivity index (χ1n) is 7.26. The third-order valence-corrected chi connectivity index (χ3v) is 2.02. The summed E-state index contributed by atoms with van der Waals surface area (Å²) in [4.78, 5) is 28.0. The average molecular weight is 563 g/mol. The van der Waals surface area contributed by atoms with Gasteiger partial charge in [-0.15, -0.1) is 0 Å². The van der Waals surface area contributed by atoms with E-state index in [1.54, 1.807) is 0 Å². The third kappa shape index (κ3) is 49.5. The van der Waals surface area contributed by atoms with Crippen LogP contribution in [-0.2, 0) is 35.4 Å². The zero-order valence-corrected chi connectivity index (χ0v) is 17.2. The van der Waals surface area contributed by atoms with E-state index in [0.717, 1.165) is 27.4 Å². The fraction of sp³-hybridized carbons (Fsp3) is 0.714. The Morgan fingerprint density at radius 2 is 0.808 bits per heavy atom. The van der Waals surface area contributed by atoms with Gasteiger partial charge in [-0.1, -0.05) is 25.7 Å². The van der Waals surface area contributed by atoms with Crippen LogP contribution in [0.4, 0.5) is 0 Å². The normalized spacial score (nSPS) is 13.8. The van der Waals surface area contributed by atoms with E-state index in [2.05, 4.69) is 11.5 Å². The first-order valence-corrected chi connectivity index (χ1v) is 7.26. The number of hydrogen-bond donors (Lipinski definition) is 5. The monoisotopic (exact) mass is 563 g/mol. The summed E-state index contributed by atoms with van der Waals surface area (Å²) in [7, 11) is 0. The van der Waals surface area contributed by atoms with Crippen LogP contribution in [0.3, 0.4) is 0 Å². The SMILES string of the molecule is C1CCC1.CC(O)C(=O)[O-].CC(O)C(=O)[O-].CC(O)C(=O)[O-].N[CH-]N.[Pt+4]. The number of aliphatic carboxylic acids is 3. The van der Waals surface area contributed by atoms with Crippen molar-refractivity contribution in [2.75, 3.05) is 0 Å². The average Bonchev–Trinajstić information content (AvgIpc) is 2.38. The molecular weight excluding hydrogens is 535 g/mol. The number of carboxylic acids is 3. The molecule has 0 aromatic heterocycles. The van der Waals surface area contributed by atoms with Crippen LogP contribution in [0.15, 0.2) is 0 Å². The summed E-state index contributed by atoms with van der Waals surface area (Å²) in [5.74, 6) is -4.31. The van der Waals surface area contributed by atoms with Crippen molar-refractivity contribution < 1.29 is 66.1 Å². The molecule has 12 heteroatoms. The molecule has 0 radical (unpaired) electrons. The zero-order valence-electron chi connectivity index (χ0n) is 14.9. The van der Waals surface area contributed by atoms with E-state index in [4.69, 9.17) is 15.3 Å². The van der Waals surface area contributed by atoms with Crippen LogP contribution >= 0.6 is 0 Å². The van der Waals surface area contributed by atoms with Gasteiger partial charge in [0, 0.05) is 0 Å². The molecule has 0 aromatic carbocycles. The second kappa shape index (κ2) is 26.1. The predicted octanol–water partition coefficient (Wildman–Crippen LogP) is -5.07. The Kier molecular flexibility index (Phi) is 36.1. The molecule has 11 nitrogen and oxygen atoms in total. The van der Waals surface area contributed by atoms with Gasteiger partial charge in [0.15, 0.2) is 0 Å². The van der Waals surface area contributed by atoms with E-state index in [9.17, 15) is 29.7 Å². The van der Waals surface area contributed by atoms with E-state index in [-0.39, 0.29) is 21.1 Å². The van der Waals surface area contributed by atoms with Crippen LogP contribution < -0.4 is 26.8 Å². The minimum Gasteiger partial charge on any atom is -0.547 e. The molecule has 0 amide bonds. The zero-order chi connectivity index (χ0) is 21.0. The van der Waals surface area contributed by atoms with Gasteiger partial charge >= 0.3 is 21.1 Å². The maximum absolute atomic E-state index is 9.34. The summed E-state index contributed by atoms with van der Waals surface area (Å²) >= 11 is 0. The third-order valence-electron chi connectivity index (χ3n) is 2.02. The number of nitrogens with two attached hydrogens (primary N) is 2. The maximum atomic E-state index is 9.34. The van der Waals surface area contributed by atoms with Crippen molar-refractivity contribution in [1.29, 1.82) is 0 Å². The van der Waals surface area contributed by atoms with Crippen molar-refractivity contribution in [3.05, 3.63) is 6.67 Å². The molecule has 26 heavy (non-hydrogen) atoms. The van der Waals surface area contributed by atoms with Crippen molar-refractivity contribution in [3.8, 4) is 0 Å². The molecule has 0 bridgehead atoms. The second-order valence-corrected chi connectivity index (χ2v) is 4.59. The molecule has 1 saturated carbocycles. The molecule has 1 fully saturated rings. The van der Waals surface area contributed by atoms with Gasteiger partial charge in [-0.25, -0.2) is 6.67 Å². The Balaban J connectivity index is -0.0000000713. The van der Waals surface area contributed by atoms with Gasteiger partial charge in [-0.2, -0.15) is 0 Å². The summed E-state index contributed by atoms with van der Waals surface area (Å²) in [6.07, 6.45) is 1.97. The Bertz CT molecular complexity index is 290. The molecule has 0 saturated heterocycles. The van der Waals surface area contributed by atoms with Crippen LogP contribution in [0.5, 0.6) is 0 Å². The summed E-state index contributed by atoms with van der Waals surface area (Å²) in [5.41, 5.74) is 9.00. The molecule has 0 spiro atoms. The van der Waals surface area contributed by atoms with Gasteiger partial charge in [-0.3, -0.25) is 0 Å². The van der Waals surface area contributed by atoms with E-state index < -0.39 is 36.2 Å². The Hall–Kier alpha value is -1.10. The summed E-state index contributed by atoms with van der Waals surface area (Å²) in [6, 6.07) is 0. The fourth-order valence-corrected chi connectivity index (χ4v) is 0.250. The molecule has 1 rings (SSSR count). The summed E-state index contributed by atoms with van der Waals surface area (Å²) in [6.45, 7) is 4.40. The molecule has 3 unspecified atom stereocenters. The first-order chi connectivity index (χ1) is 11.3. The van der Waals surface area contributed by atoms with Crippen LogP contribution in [0.2, 0.25) is 0 Å². The van der Waals surface area contributed by atoms with Gasteiger partial charge in [0.25, 0.3) is 0 Å². The van der Waals surface area contributed by atoms with E-state index >= 15 is 0 Å². The molecule has 1 aliphatic rings. The van der Waals surface area contributed by atoms with Crippen molar-refractivity contribution in [2.24, 2.45) is 11.5 Å². The molecule has 3 atom stereocenters.